The molecule has 1 rings (SSSR count). The zero-order chi connectivity index (χ0) is 15.8. The van der Waals surface area contributed by atoms with Crippen molar-refractivity contribution in [2.75, 3.05) is 0 Å². The van der Waals surface area contributed by atoms with Gasteiger partial charge in [-0.2, -0.15) is 0 Å². The molecular weight excluding hydrogens is 256 g/mol. The van der Waals surface area contributed by atoms with Crippen LogP contribution in [0.15, 0.2) is 34.9 Å². The van der Waals surface area contributed by atoms with Gasteiger partial charge in [0.05, 0.1) is 6.10 Å². The van der Waals surface area contributed by atoms with Crippen molar-refractivity contribution in [2.45, 2.75) is 79.2 Å². The molecule has 0 saturated heterocycles. The maximum atomic E-state index is 10.6. The van der Waals surface area contributed by atoms with E-state index in [9.17, 15) is 5.11 Å². The fraction of sp³-hybridized carbons (Fsp3) is 0.700. The summed E-state index contributed by atoms with van der Waals surface area (Å²) in [5.74, 6) is 0.885. The van der Waals surface area contributed by atoms with Crippen molar-refractivity contribution in [3.8, 4) is 0 Å². The normalized spacial score (nSPS) is 34.1. The molecule has 0 radical (unpaired) electrons. The quantitative estimate of drug-likeness (QED) is 0.604. The predicted octanol–water partition coefficient (Wildman–Crippen LogP) is 5.81. The minimum atomic E-state index is -0.218. The molecule has 0 bridgehead atoms. The number of aliphatic hydroxyl groups excluding tert-OH is 1. The molecule has 0 unspecified atom stereocenters. The topological polar surface area (TPSA) is 20.2 Å². The maximum Gasteiger partial charge on any atom is 0.0610 e. The molecule has 2 atom stereocenters. The standard InChI is InChI=1S/C20H34O/c1-15(2)19-13-12-17(4)10-6-8-16(3)9-7-11-18(5)14-20(19)21/h8,11-12,15,19-21H,6-7,9-10,13-14H2,1-5H3/b16-8+,17-12+,18-11+/t19-,20+/m0/s1. The van der Waals surface area contributed by atoms with Gasteiger partial charge < -0.3 is 5.11 Å². The summed E-state index contributed by atoms with van der Waals surface area (Å²) in [6.07, 6.45) is 13.2. The van der Waals surface area contributed by atoms with Crippen LogP contribution in [0.2, 0.25) is 0 Å². The van der Waals surface area contributed by atoms with Gasteiger partial charge in [0, 0.05) is 0 Å². The molecule has 0 spiro atoms. The van der Waals surface area contributed by atoms with Gasteiger partial charge in [-0.05, 0) is 71.1 Å². The minimum Gasteiger partial charge on any atom is -0.392 e. The second kappa shape index (κ2) is 9.25. The van der Waals surface area contributed by atoms with Gasteiger partial charge in [0.2, 0.25) is 0 Å². The first-order chi connectivity index (χ1) is 9.90. The van der Waals surface area contributed by atoms with Crippen LogP contribution in [0, 0.1) is 11.8 Å². The van der Waals surface area contributed by atoms with Crippen LogP contribution in [0.5, 0.6) is 0 Å². The van der Waals surface area contributed by atoms with Gasteiger partial charge in [0.1, 0.15) is 0 Å². The molecule has 1 nitrogen and oxygen atoms in total. The average molecular weight is 290 g/mol. The first kappa shape index (κ1) is 18.2. The van der Waals surface area contributed by atoms with E-state index in [4.69, 9.17) is 0 Å². The maximum absolute atomic E-state index is 10.6. The fourth-order valence-corrected chi connectivity index (χ4v) is 3.07. The van der Waals surface area contributed by atoms with Crippen molar-refractivity contribution in [3.05, 3.63) is 34.9 Å². The Morgan fingerprint density at radius 2 is 1.43 bits per heavy atom. The number of hydrogen-bond donors (Lipinski definition) is 1. The van der Waals surface area contributed by atoms with Gasteiger partial charge in [-0.15, -0.1) is 0 Å². The summed E-state index contributed by atoms with van der Waals surface area (Å²) in [6, 6.07) is 0. The summed E-state index contributed by atoms with van der Waals surface area (Å²) < 4.78 is 0. The Morgan fingerprint density at radius 3 is 2.00 bits per heavy atom. The van der Waals surface area contributed by atoms with E-state index in [0.29, 0.717) is 11.8 Å². The van der Waals surface area contributed by atoms with E-state index in [-0.39, 0.29) is 6.10 Å². The minimum absolute atomic E-state index is 0.218. The predicted molar refractivity (Wildman–Crippen MR) is 93.3 cm³/mol. The Hall–Kier alpha value is -0.820. The monoisotopic (exact) mass is 290 g/mol. The highest BCUT2D eigenvalue weighted by Gasteiger charge is 2.21. The molecule has 21 heavy (non-hydrogen) atoms. The molecular formula is C20H34O. The van der Waals surface area contributed by atoms with E-state index >= 15 is 0 Å². The zero-order valence-corrected chi connectivity index (χ0v) is 14.7. The van der Waals surface area contributed by atoms with Gasteiger partial charge in [0.15, 0.2) is 0 Å². The molecule has 0 aromatic heterocycles. The third-order valence-electron chi connectivity index (χ3n) is 4.68. The van der Waals surface area contributed by atoms with Crippen LogP contribution in [-0.4, -0.2) is 11.2 Å². The van der Waals surface area contributed by atoms with Crippen molar-refractivity contribution >= 4 is 0 Å². The van der Waals surface area contributed by atoms with E-state index in [0.717, 1.165) is 38.5 Å². The van der Waals surface area contributed by atoms with E-state index in [1.54, 1.807) is 0 Å². The van der Waals surface area contributed by atoms with Crippen molar-refractivity contribution in [1.29, 1.82) is 0 Å². The van der Waals surface area contributed by atoms with Crippen molar-refractivity contribution < 1.29 is 5.11 Å². The van der Waals surface area contributed by atoms with Crippen LogP contribution in [0.4, 0.5) is 0 Å². The second-order valence-corrected chi connectivity index (χ2v) is 7.14. The van der Waals surface area contributed by atoms with E-state index in [1.807, 2.05) is 0 Å². The summed E-state index contributed by atoms with van der Waals surface area (Å²) in [7, 11) is 0. The highest BCUT2D eigenvalue weighted by molar-refractivity contribution is 5.08. The molecule has 1 aliphatic carbocycles. The second-order valence-electron chi connectivity index (χ2n) is 7.14. The van der Waals surface area contributed by atoms with Crippen LogP contribution < -0.4 is 0 Å². The van der Waals surface area contributed by atoms with Crippen molar-refractivity contribution in [3.63, 3.8) is 0 Å². The van der Waals surface area contributed by atoms with Crippen molar-refractivity contribution in [2.24, 2.45) is 11.8 Å². The fourth-order valence-electron chi connectivity index (χ4n) is 3.07. The average Bonchev–Trinajstić information content (AvgIpc) is 2.37. The lowest BCUT2D eigenvalue weighted by Gasteiger charge is -2.26. The number of allylic oxidation sites excluding steroid dienone is 5. The smallest absolute Gasteiger partial charge is 0.0610 e. The molecule has 1 aliphatic rings. The molecule has 0 aromatic rings. The summed E-state index contributed by atoms with van der Waals surface area (Å²) in [4.78, 5) is 0. The Bertz CT molecular complexity index is 398. The van der Waals surface area contributed by atoms with Crippen LogP contribution >= 0.6 is 0 Å². The van der Waals surface area contributed by atoms with Crippen LogP contribution in [0.25, 0.3) is 0 Å². The molecule has 0 aliphatic heterocycles. The molecule has 0 heterocycles. The van der Waals surface area contributed by atoms with Gasteiger partial charge in [-0.3, -0.25) is 0 Å². The van der Waals surface area contributed by atoms with E-state index in [2.05, 4.69) is 52.8 Å². The molecule has 1 N–H and O–H groups in total. The summed E-state index contributed by atoms with van der Waals surface area (Å²) in [6.45, 7) is 11.1. The Balaban J connectivity index is 2.87. The Morgan fingerprint density at radius 1 is 0.905 bits per heavy atom. The molecule has 1 heteroatoms. The SMILES string of the molecule is C/C1=C\CC/C(C)=C/C[C@@H](C(C)C)[C@H](O)C/C(C)=C/CC1. The van der Waals surface area contributed by atoms with Crippen LogP contribution in [0.1, 0.15) is 73.1 Å². The van der Waals surface area contributed by atoms with Crippen LogP contribution in [-0.2, 0) is 0 Å². The number of aliphatic hydroxyl groups is 1. The summed E-state index contributed by atoms with van der Waals surface area (Å²) in [5.41, 5.74) is 4.28. The largest absolute Gasteiger partial charge is 0.392 e. The summed E-state index contributed by atoms with van der Waals surface area (Å²) >= 11 is 0. The Kier molecular flexibility index (Phi) is 8.03. The molecule has 0 fully saturated rings. The zero-order valence-electron chi connectivity index (χ0n) is 14.7. The Labute approximate surface area is 131 Å². The number of hydrogen-bond acceptors (Lipinski definition) is 1. The lowest BCUT2D eigenvalue weighted by Crippen LogP contribution is -2.25. The van der Waals surface area contributed by atoms with Gasteiger partial charge in [-0.1, -0.05) is 48.8 Å². The van der Waals surface area contributed by atoms with Gasteiger partial charge in [-0.25, -0.2) is 0 Å². The first-order valence-electron chi connectivity index (χ1n) is 8.55. The van der Waals surface area contributed by atoms with E-state index < -0.39 is 0 Å². The highest BCUT2D eigenvalue weighted by atomic mass is 16.3. The number of rotatable bonds is 1. The lowest BCUT2D eigenvalue weighted by atomic mass is 9.83. The van der Waals surface area contributed by atoms with Crippen molar-refractivity contribution in [1.82, 2.24) is 0 Å². The van der Waals surface area contributed by atoms with E-state index in [1.165, 1.54) is 16.7 Å². The lowest BCUT2D eigenvalue weighted by molar-refractivity contribution is 0.0829. The third kappa shape index (κ3) is 7.13. The molecule has 0 amide bonds. The molecule has 120 valence electrons. The van der Waals surface area contributed by atoms with Crippen LogP contribution in [0.3, 0.4) is 0 Å². The first-order valence-corrected chi connectivity index (χ1v) is 8.55. The molecule has 0 aromatic carbocycles. The van der Waals surface area contributed by atoms with Gasteiger partial charge >= 0.3 is 0 Å². The third-order valence-corrected chi connectivity index (χ3v) is 4.68. The molecule has 0 saturated carbocycles. The summed E-state index contributed by atoms with van der Waals surface area (Å²) in [5, 5.41) is 10.6. The van der Waals surface area contributed by atoms with Gasteiger partial charge in [0.25, 0.3) is 0 Å². The highest BCUT2D eigenvalue weighted by Crippen LogP contribution is 2.26.